The van der Waals surface area contributed by atoms with Gasteiger partial charge in [0, 0.05) is 18.8 Å². The Hall–Kier alpha value is -1.28. The minimum atomic E-state index is -3.42. The van der Waals surface area contributed by atoms with E-state index in [-0.39, 0.29) is 16.8 Å². The number of nitrogens with zero attached hydrogens (tertiary/aromatic N) is 2. The molecule has 0 amide bonds. The van der Waals surface area contributed by atoms with Crippen LogP contribution in [0.4, 0.5) is 11.6 Å². The van der Waals surface area contributed by atoms with Crippen molar-refractivity contribution in [1.29, 1.82) is 0 Å². The Bertz CT molecular complexity index is 588. The Balaban J connectivity index is 2.33. The maximum Gasteiger partial charge on any atom is 0.182 e. The van der Waals surface area contributed by atoms with Gasteiger partial charge in [-0.05, 0) is 31.8 Å². The summed E-state index contributed by atoms with van der Waals surface area (Å²) in [6, 6.07) is 0.230. The molecule has 7 nitrogen and oxygen atoms in total. The number of rotatable bonds is 5. The van der Waals surface area contributed by atoms with Gasteiger partial charge in [0.25, 0.3) is 0 Å². The summed E-state index contributed by atoms with van der Waals surface area (Å²) in [5.74, 6) is 0.955. The van der Waals surface area contributed by atoms with Gasteiger partial charge in [0.15, 0.2) is 20.6 Å². The van der Waals surface area contributed by atoms with Crippen LogP contribution in [0.25, 0.3) is 0 Å². The standard InChI is InChI=1S/C13H25N5O2S/c1-9(2)8-18-12(14)11(21(3,19)20)13(17-18)16-10-4-6-15-7-5-10/h9-10,15H,4-8,14H2,1-3H3,(H,16,17). The first-order valence-electron chi connectivity index (χ1n) is 7.32. The van der Waals surface area contributed by atoms with Crippen LogP contribution in [0, 0.1) is 5.92 Å². The molecule has 120 valence electrons. The molecule has 1 aromatic heterocycles. The third-order valence-corrected chi connectivity index (χ3v) is 4.68. The number of hydrogen-bond donors (Lipinski definition) is 3. The SMILES string of the molecule is CC(C)Cn1nc(NC2CCNCC2)c(S(C)(=O)=O)c1N. The van der Waals surface area contributed by atoms with E-state index in [1.165, 1.54) is 6.26 Å². The Morgan fingerprint density at radius 1 is 1.43 bits per heavy atom. The molecular formula is C13H25N5O2S. The Morgan fingerprint density at radius 3 is 2.57 bits per heavy atom. The minimum Gasteiger partial charge on any atom is -0.383 e. The zero-order valence-corrected chi connectivity index (χ0v) is 13.7. The summed E-state index contributed by atoms with van der Waals surface area (Å²) in [5, 5.41) is 10.9. The number of piperidine rings is 1. The maximum atomic E-state index is 12.0. The van der Waals surface area contributed by atoms with Crippen LogP contribution in [-0.4, -0.2) is 43.6 Å². The number of nitrogen functional groups attached to an aromatic ring is 1. The van der Waals surface area contributed by atoms with Crippen LogP contribution < -0.4 is 16.4 Å². The highest BCUT2D eigenvalue weighted by Crippen LogP contribution is 2.29. The molecular weight excluding hydrogens is 290 g/mol. The van der Waals surface area contributed by atoms with Gasteiger partial charge in [0.1, 0.15) is 5.82 Å². The molecule has 1 aromatic rings. The van der Waals surface area contributed by atoms with Gasteiger partial charge in [-0.15, -0.1) is 0 Å². The highest BCUT2D eigenvalue weighted by atomic mass is 32.2. The van der Waals surface area contributed by atoms with Crippen molar-refractivity contribution in [3.63, 3.8) is 0 Å². The molecule has 2 rings (SSSR count). The monoisotopic (exact) mass is 315 g/mol. The number of sulfone groups is 1. The second-order valence-corrected chi connectivity index (χ2v) is 8.03. The van der Waals surface area contributed by atoms with Gasteiger partial charge < -0.3 is 16.4 Å². The normalized spacial score (nSPS) is 17.3. The third-order valence-electron chi connectivity index (χ3n) is 3.54. The molecule has 0 saturated carbocycles. The highest BCUT2D eigenvalue weighted by Gasteiger charge is 2.26. The second kappa shape index (κ2) is 6.23. The molecule has 2 heterocycles. The van der Waals surface area contributed by atoms with Crippen LogP contribution in [-0.2, 0) is 16.4 Å². The Labute approximate surface area is 126 Å². The summed E-state index contributed by atoms with van der Waals surface area (Å²) in [7, 11) is -3.42. The first-order chi connectivity index (χ1) is 9.79. The largest absolute Gasteiger partial charge is 0.383 e. The van der Waals surface area contributed by atoms with Crippen LogP contribution in [0.3, 0.4) is 0 Å². The highest BCUT2D eigenvalue weighted by molar-refractivity contribution is 7.91. The van der Waals surface area contributed by atoms with E-state index in [0.29, 0.717) is 18.3 Å². The van der Waals surface area contributed by atoms with E-state index in [1.54, 1.807) is 4.68 Å². The fraction of sp³-hybridized carbons (Fsp3) is 0.769. The molecule has 0 unspecified atom stereocenters. The van der Waals surface area contributed by atoms with Crippen molar-refractivity contribution in [2.24, 2.45) is 5.92 Å². The molecule has 0 spiro atoms. The lowest BCUT2D eigenvalue weighted by Crippen LogP contribution is -2.35. The van der Waals surface area contributed by atoms with Gasteiger partial charge in [0.05, 0.1) is 0 Å². The molecule has 8 heteroatoms. The van der Waals surface area contributed by atoms with Gasteiger partial charge in [-0.3, -0.25) is 0 Å². The molecule has 0 radical (unpaired) electrons. The topological polar surface area (TPSA) is 102 Å². The van der Waals surface area contributed by atoms with Crippen LogP contribution in [0.5, 0.6) is 0 Å². The predicted molar refractivity (Wildman–Crippen MR) is 84.1 cm³/mol. The van der Waals surface area contributed by atoms with Gasteiger partial charge in [-0.25, -0.2) is 13.1 Å². The van der Waals surface area contributed by atoms with Crippen molar-refractivity contribution in [1.82, 2.24) is 15.1 Å². The van der Waals surface area contributed by atoms with Gasteiger partial charge in [-0.1, -0.05) is 13.8 Å². The average molecular weight is 315 g/mol. The molecule has 0 aromatic carbocycles. The Morgan fingerprint density at radius 2 is 2.05 bits per heavy atom. The summed E-state index contributed by atoms with van der Waals surface area (Å²) in [5.41, 5.74) is 6.01. The molecule has 0 atom stereocenters. The van der Waals surface area contributed by atoms with E-state index >= 15 is 0 Å². The number of aromatic nitrogens is 2. The van der Waals surface area contributed by atoms with Crippen LogP contribution in [0.2, 0.25) is 0 Å². The van der Waals surface area contributed by atoms with Gasteiger partial charge in [-0.2, -0.15) is 5.10 Å². The summed E-state index contributed by atoms with van der Waals surface area (Å²) >= 11 is 0. The van der Waals surface area contributed by atoms with Crippen LogP contribution in [0.15, 0.2) is 4.90 Å². The average Bonchev–Trinajstić information content (AvgIpc) is 2.66. The molecule has 4 N–H and O–H groups in total. The molecule has 1 saturated heterocycles. The number of nitrogens with two attached hydrogens (primary N) is 1. The van der Waals surface area contributed by atoms with Crippen molar-refractivity contribution in [2.75, 3.05) is 30.4 Å². The van der Waals surface area contributed by atoms with Gasteiger partial charge in [0.2, 0.25) is 0 Å². The van der Waals surface area contributed by atoms with Crippen LogP contribution in [0.1, 0.15) is 26.7 Å². The minimum absolute atomic E-state index is 0.127. The van der Waals surface area contributed by atoms with E-state index < -0.39 is 9.84 Å². The lowest BCUT2D eigenvalue weighted by molar-refractivity contribution is 0.472. The summed E-state index contributed by atoms with van der Waals surface area (Å²) in [6.07, 6.45) is 3.06. The van der Waals surface area contributed by atoms with E-state index in [2.05, 4.69) is 15.7 Å². The van der Waals surface area contributed by atoms with Crippen molar-refractivity contribution in [3.8, 4) is 0 Å². The maximum absolute atomic E-state index is 12.0. The van der Waals surface area contributed by atoms with Gasteiger partial charge >= 0.3 is 0 Å². The number of nitrogens with one attached hydrogen (secondary N) is 2. The first kappa shape index (κ1) is 16.1. The molecule has 1 aliphatic heterocycles. The molecule has 1 aliphatic rings. The van der Waals surface area contributed by atoms with Crippen LogP contribution >= 0.6 is 0 Å². The van der Waals surface area contributed by atoms with E-state index in [4.69, 9.17) is 5.73 Å². The Kier molecular flexibility index (Phi) is 4.77. The van der Waals surface area contributed by atoms with E-state index in [0.717, 1.165) is 25.9 Å². The summed E-state index contributed by atoms with van der Waals surface area (Å²) in [6.45, 7) is 6.53. The van der Waals surface area contributed by atoms with E-state index in [1.807, 2.05) is 13.8 Å². The third kappa shape index (κ3) is 3.88. The van der Waals surface area contributed by atoms with E-state index in [9.17, 15) is 8.42 Å². The fourth-order valence-corrected chi connectivity index (χ4v) is 3.50. The lowest BCUT2D eigenvalue weighted by Gasteiger charge is -2.23. The summed E-state index contributed by atoms with van der Waals surface area (Å²) in [4.78, 5) is 0.127. The summed E-state index contributed by atoms with van der Waals surface area (Å²) < 4.78 is 25.6. The quantitative estimate of drug-likeness (QED) is 0.739. The zero-order valence-electron chi connectivity index (χ0n) is 12.9. The van der Waals surface area contributed by atoms with Crippen molar-refractivity contribution >= 4 is 21.5 Å². The number of hydrogen-bond acceptors (Lipinski definition) is 6. The lowest BCUT2D eigenvalue weighted by atomic mass is 10.1. The molecule has 21 heavy (non-hydrogen) atoms. The smallest absolute Gasteiger partial charge is 0.182 e. The predicted octanol–water partition coefficient (Wildman–Crippen LogP) is 0.689. The molecule has 0 bridgehead atoms. The first-order valence-corrected chi connectivity index (χ1v) is 9.21. The zero-order chi connectivity index (χ0) is 15.6. The second-order valence-electron chi connectivity index (χ2n) is 6.08. The van der Waals surface area contributed by atoms with Crippen molar-refractivity contribution in [2.45, 2.75) is 44.2 Å². The molecule has 0 aliphatic carbocycles. The molecule has 1 fully saturated rings. The number of anilines is 2. The van der Waals surface area contributed by atoms with Crippen molar-refractivity contribution in [3.05, 3.63) is 0 Å². The fourth-order valence-electron chi connectivity index (χ4n) is 2.56. The van der Waals surface area contributed by atoms with Crippen molar-refractivity contribution < 1.29 is 8.42 Å².